The molecule has 0 aliphatic rings. The molecule has 0 aromatic heterocycles. The predicted octanol–water partition coefficient (Wildman–Crippen LogP) is 3.18. The van der Waals surface area contributed by atoms with E-state index < -0.39 is 5.97 Å². The number of rotatable bonds is 5. The summed E-state index contributed by atoms with van der Waals surface area (Å²) >= 11 is 5.82. The third-order valence-electron chi connectivity index (χ3n) is 2.78. The second kappa shape index (κ2) is 6.57. The van der Waals surface area contributed by atoms with Gasteiger partial charge >= 0.3 is 5.97 Å². The lowest BCUT2D eigenvalue weighted by atomic mass is 9.90. The highest BCUT2D eigenvalue weighted by Crippen LogP contribution is 2.27. The zero-order valence-electron chi connectivity index (χ0n) is 10.6. The van der Waals surface area contributed by atoms with Gasteiger partial charge in [0.2, 0.25) is 0 Å². The molecule has 4 heteroatoms. The topological polar surface area (TPSA) is 63.3 Å². The second-order valence-electron chi connectivity index (χ2n) is 4.41. The minimum absolute atomic E-state index is 0.148. The molecule has 0 bridgehead atoms. The molecule has 1 rings (SSSR count). The Hall–Kier alpha value is -1.32. The number of benzene rings is 1. The molecule has 0 saturated heterocycles. The quantitative estimate of drug-likeness (QED) is 0.806. The van der Waals surface area contributed by atoms with Crippen LogP contribution in [0, 0.1) is 5.92 Å². The van der Waals surface area contributed by atoms with Crippen molar-refractivity contribution in [2.24, 2.45) is 11.7 Å². The number of halogens is 1. The number of carboxylic acids is 1. The van der Waals surface area contributed by atoms with E-state index in [9.17, 15) is 9.90 Å². The zero-order chi connectivity index (χ0) is 13.7. The largest absolute Gasteiger partial charge is 0.478 e. The molecule has 3 N–H and O–H groups in total. The average molecular weight is 268 g/mol. The van der Waals surface area contributed by atoms with Gasteiger partial charge < -0.3 is 10.8 Å². The molecule has 0 aliphatic heterocycles. The van der Waals surface area contributed by atoms with Crippen LogP contribution in [0.3, 0.4) is 0 Å². The Morgan fingerprint density at radius 3 is 2.28 bits per heavy atom. The molecular formula is C14H18ClNO2. The Bertz CT molecular complexity index is 449. The van der Waals surface area contributed by atoms with E-state index in [1.807, 2.05) is 13.8 Å². The van der Waals surface area contributed by atoms with E-state index in [2.05, 4.69) is 0 Å². The van der Waals surface area contributed by atoms with Crippen molar-refractivity contribution in [1.82, 2.24) is 0 Å². The highest BCUT2D eigenvalue weighted by molar-refractivity contribution is 6.30. The molecule has 0 atom stereocenters. The Morgan fingerprint density at radius 1 is 1.33 bits per heavy atom. The summed E-state index contributed by atoms with van der Waals surface area (Å²) in [5.41, 5.74) is 7.44. The fraction of sp³-hybridized carbons (Fsp3) is 0.357. The van der Waals surface area contributed by atoms with Crippen LogP contribution in [0.2, 0.25) is 5.02 Å². The van der Waals surface area contributed by atoms with Crippen LogP contribution in [0.25, 0.3) is 5.57 Å². The lowest BCUT2D eigenvalue weighted by Crippen LogP contribution is -2.11. The van der Waals surface area contributed by atoms with Crippen LogP contribution in [-0.2, 0) is 4.79 Å². The van der Waals surface area contributed by atoms with E-state index in [4.69, 9.17) is 17.3 Å². The van der Waals surface area contributed by atoms with Gasteiger partial charge in [-0.25, -0.2) is 4.79 Å². The normalized spacial score (nSPS) is 12.5. The molecule has 1 aromatic rings. The van der Waals surface area contributed by atoms with E-state index in [-0.39, 0.29) is 5.92 Å². The minimum Gasteiger partial charge on any atom is -0.478 e. The van der Waals surface area contributed by atoms with Crippen molar-refractivity contribution in [3.05, 3.63) is 40.4 Å². The molecule has 1 aromatic carbocycles. The Labute approximate surface area is 112 Å². The molecule has 0 aliphatic carbocycles. The maximum atomic E-state index is 11.5. The second-order valence-corrected chi connectivity index (χ2v) is 4.84. The van der Waals surface area contributed by atoms with Gasteiger partial charge in [-0.1, -0.05) is 43.2 Å². The molecule has 0 amide bonds. The van der Waals surface area contributed by atoms with Gasteiger partial charge in [-0.05, 0) is 36.6 Å². The summed E-state index contributed by atoms with van der Waals surface area (Å²) in [4.78, 5) is 11.5. The van der Waals surface area contributed by atoms with E-state index in [0.29, 0.717) is 29.1 Å². The molecule has 0 unspecified atom stereocenters. The first-order chi connectivity index (χ1) is 8.47. The van der Waals surface area contributed by atoms with Gasteiger partial charge in [-0.3, -0.25) is 0 Å². The smallest absolute Gasteiger partial charge is 0.336 e. The number of nitrogens with two attached hydrogens (primary N) is 1. The van der Waals surface area contributed by atoms with Gasteiger partial charge in [0.15, 0.2) is 0 Å². The van der Waals surface area contributed by atoms with Gasteiger partial charge in [-0.2, -0.15) is 0 Å². The summed E-state index contributed by atoms with van der Waals surface area (Å²) in [7, 11) is 0. The summed E-state index contributed by atoms with van der Waals surface area (Å²) in [6.45, 7) is 4.39. The van der Waals surface area contributed by atoms with Crippen LogP contribution < -0.4 is 5.73 Å². The van der Waals surface area contributed by atoms with Crippen molar-refractivity contribution in [2.45, 2.75) is 20.3 Å². The van der Waals surface area contributed by atoms with Crippen molar-refractivity contribution in [2.75, 3.05) is 6.54 Å². The highest BCUT2D eigenvalue weighted by atomic mass is 35.5. The molecular weight excluding hydrogens is 250 g/mol. The van der Waals surface area contributed by atoms with Gasteiger partial charge in [-0.15, -0.1) is 0 Å². The third-order valence-corrected chi connectivity index (χ3v) is 3.03. The van der Waals surface area contributed by atoms with Gasteiger partial charge in [0, 0.05) is 5.02 Å². The number of aliphatic carboxylic acids is 1. The zero-order valence-corrected chi connectivity index (χ0v) is 11.4. The lowest BCUT2D eigenvalue weighted by Gasteiger charge is -2.15. The molecule has 3 nitrogen and oxygen atoms in total. The highest BCUT2D eigenvalue weighted by Gasteiger charge is 2.18. The first-order valence-corrected chi connectivity index (χ1v) is 6.27. The van der Waals surface area contributed by atoms with Crippen LogP contribution in [0.4, 0.5) is 0 Å². The molecule has 0 radical (unpaired) electrons. The SMILES string of the molecule is CC(C)C(CCN)=C(C(=O)O)c1ccc(Cl)cc1. The number of hydrogen-bond donors (Lipinski definition) is 2. The van der Waals surface area contributed by atoms with Gasteiger partial charge in [0.05, 0.1) is 5.57 Å². The van der Waals surface area contributed by atoms with E-state index in [1.54, 1.807) is 24.3 Å². The van der Waals surface area contributed by atoms with E-state index >= 15 is 0 Å². The maximum absolute atomic E-state index is 11.5. The fourth-order valence-corrected chi connectivity index (χ4v) is 2.05. The summed E-state index contributed by atoms with van der Waals surface area (Å²) < 4.78 is 0. The molecule has 18 heavy (non-hydrogen) atoms. The minimum atomic E-state index is -0.922. The van der Waals surface area contributed by atoms with Crippen molar-refractivity contribution in [1.29, 1.82) is 0 Å². The van der Waals surface area contributed by atoms with Crippen LogP contribution in [-0.4, -0.2) is 17.6 Å². The number of hydrogen-bond acceptors (Lipinski definition) is 2. The standard InChI is InChI=1S/C14H18ClNO2/c1-9(2)12(7-8-16)13(14(17)18)10-3-5-11(15)6-4-10/h3-6,9H,7-8,16H2,1-2H3,(H,17,18). The monoisotopic (exact) mass is 267 g/mol. The van der Waals surface area contributed by atoms with Crippen molar-refractivity contribution < 1.29 is 9.90 Å². The molecule has 0 spiro atoms. The molecule has 0 saturated carbocycles. The van der Waals surface area contributed by atoms with Gasteiger partial charge in [0.1, 0.15) is 0 Å². The van der Waals surface area contributed by atoms with Crippen molar-refractivity contribution in [3.63, 3.8) is 0 Å². The molecule has 0 fully saturated rings. The average Bonchev–Trinajstić information content (AvgIpc) is 2.30. The van der Waals surface area contributed by atoms with E-state index in [0.717, 1.165) is 5.57 Å². The summed E-state index contributed by atoms with van der Waals surface area (Å²) in [6, 6.07) is 6.84. The van der Waals surface area contributed by atoms with Crippen LogP contribution in [0.1, 0.15) is 25.8 Å². The predicted molar refractivity (Wildman–Crippen MR) is 74.5 cm³/mol. The summed E-state index contributed by atoms with van der Waals surface area (Å²) in [5, 5.41) is 10.0. The number of carboxylic acid groups (broad SMARTS) is 1. The van der Waals surface area contributed by atoms with Gasteiger partial charge in [0.25, 0.3) is 0 Å². The third kappa shape index (κ3) is 3.59. The Balaban J connectivity index is 3.34. The first-order valence-electron chi connectivity index (χ1n) is 5.89. The summed E-state index contributed by atoms with van der Waals surface area (Å²) in [6.07, 6.45) is 0.585. The van der Waals surface area contributed by atoms with Crippen molar-refractivity contribution in [3.8, 4) is 0 Å². The van der Waals surface area contributed by atoms with Crippen molar-refractivity contribution >= 4 is 23.1 Å². The fourth-order valence-electron chi connectivity index (χ4n) is 1.92. The maximum Gasteiger partial charge on any atom is 0.336 e. The number of carbonyl (C=O) groups is 1. The van der Waals surface area contributed by atoms with Crippen LogP contribution in [0.5, 0.6) is 0 Å². The first kappa shape index (κ1) is 14.7. The van der Waals surface area contributed by atoms with E-state index in [1.165, 1.54) is 0 Å². The molecule has 98 valence electrons. The lowest BCUT2D eigenvalue weighted by molar-refractivity contribution is -0.130. The van der Waals surface area contributed by atoms with Crippen LogP contribution in [0.15, 0.2) is 29.8 Å². The van der Waals surface area contributed by atoms with Crippen LogP contribution >= 0.6 is 11.6 Å². The Morgan fingerprint density at radius 2 is 1.89 bits per heavy atom. The molecule has 0 heterocycles. The Kier molecular flexibility index (Phi) is 5.38. The summed E-state index contributed by atoms with van der Waals surface area (Å²) in [5.74, 6) is -0.773.